The number of amides is 1. The van der Waals surface area contributed by atoms with Gasteiger partial charge in [-0.3, -0.25) is 9.59 Å². The number of hydrogen-bond acceptors (Lipinski definition) is 4. The second-order valence-electron chi connectivity index (χ2n) is 8.23. The Kier molecular flexibility index (Phi) is 4.63. The third-order valence-electron chi connectivity index (χ3n) is 6.53. The van der Waals surface area contributed by atoms with E-state index in [1.54, 1.807) is 26.2 Å². The Hall–Kier alpha value is -2.04. The summed E-state index contributed by atoms with van der Waals surface area (Å²) < 4.78 is 10.8. The van der Waals surface area contributed by atoms with Crippen molar-refractivity contribution in [2.24, 2.45) is 29.6 Å². The van der Waals surface area contributed by atoms with Gasteiger partial charge in [0.05, 0.1) is 18.7 Å². The molecule has 0 spiro atoms. The minimum atomic E-state index is -0.815. The molecule has 0 aromatic heterocycles. The van der Waals surface area contributed by atoms with Crippen molar-refractivity contribution in [3.63, 3.8) is 0 Å². The van der Waals surface area contributed by atoms with E-state index in [0.717, 1.165) is 37.5 Å². The third-order valence-corrected chi connectivity index (χ3v) is 6.53. The van der Waals surface area contributed by atoms with E-state index in [1.807, 2.05) is 12.1 Å². The highest BCUT2D eigenvalue weighted by Crippen LogP contribution is 2.56. The van der Waals surface area contributed by atoms with E-state index >= 15 is 0 Å². The number of rotatable bonds is 5. The fraction of sp³-hybridized carbons (Fsp3) is 0.619. The second kappa shape index (κ2) is 6.93. The molecule has 0 unspecified atom stereocenters. The highest BCUT2D eigenvalue weighted by atomic mass is 16.5. The van der Waals surface area contributed by atoms with Crippen molar-refractivity contribution in [2.45, 2.75) is 45.1 Å². The molecule has 4 saturated carbocycles. The van der Waals surface area contributed by atoms with Gasteiger partial charge in [-0.15, -0.1) is 0 Å². The van der Waals surface area contributed by atoms with E-state index in [-0.39, 0.29) is 17.8 Å². The normalized spacial score (nSPS) is 32.8. The number of carbonyl (C=O) groups is 2. The molecule has 4 aliphatic rings. The molecule has 1 N–H and O–H groups in total. The van der Waals surface area contributed by atoms with Crippen molar-refractivity contribution in [1.82, 2.24) is 0 Å². The van der Waals surface area contributed by atoms with Gasteiger partial charge in [0, 0.05) is 0 Å². The molecule has 0 radical (unpaired) electrons. The lowest BCUT2D eigenvalue weighted by Crippen LogP contribution is -2.49. The minimum absolute atomic E-state index is 0.00990. The largest absolute Gasteiger partial charge is 0.495 e. The fourth-order valence-electron chi connectivity index (χ4n) is 5.60. The van der Waals surface area contributed by atoms with Crippen LogP contribution in [0, 0.1) is 29.6 Å². The summed E-state index contributed by atoms with van der Waals surface area (Å²) in [5.41, 5.74) is 0.581. The molecule has 140 valence electrons. The summed E-state index contributed by atoms with van der Waals surface area (Å²) in [5.74, 6) is 2.62. The number of ether oxygens (including phenoxy) is 2. The Labute approximate surface area is 154 Å². The van der Waals surface area contributed by atoms with E-state index in [2.05, 4.69) is 5.32 Å². The van der Waals surface area contributed by atoms with Crippen LogP contribution in [0.1, 0.15) is 39.0 Å². The van der Waals surface area contributed by atoms with E-state index in [0.29, 0.717) is 23.3 Å². The molecule has 0 aliphatic heterocycles. The predicted octanol–water partition coefficient (Wildman–Crippen LogP) is 3.64. The Morgan fingerprint density at radius 1 is 1.04 bits per heavy atom. The van der Waals surface area contributed by atoms with E-state index < -0.39 is 6.10 Å². The minimum Gasteiger partial charge on any atom is -0.495 e. The molecule has 26 heavy (non-hydrogen) atoms. The molecule has 4 bridgehead atoms. The van der Waals surface area contributed by atoms with Gasteiger partial charge in [0.1, 0.15) is 5.75 Å². The van der Waals surface area contributed by atoms with Crippen LogP contribution in [0.4, 0.5) is 5.69 Å². The van der Waals surface area contributed by atoms with Crippen molar-refractivity contribution in [2.75, 3.05) is 12.4 Å². The van der Waals surface area contributed by atoms with Gasteiger partial charge in [-0.25, -0.2) is 0 Å². The number of carbonyl (C=O) groups excluding carboxylic acids is 2. The topological polar surface area (TPSA) is 64.6 Å². The lowest BCUT2D eigenvalue weighted by atomic mass is 9.52. The van der Waals surface area contributed by atoms with Gasteiger partial charge in [-0.2, -0.15) is 0 Å². The molecule has 4 fully saturated rings. The molecule has 1 aromatic rings. The first kappa shape index (κ1) is 17.4. The van der Waals surface area contributed by atoms with E-state index in [4.69, 9.17) is 9.47 Å². The number of esters is 1. The molecule has 1 amide bonds. The maximum Gasteiger partial charge on any atom is 0.310 e. The number of anilines is 1. The summed E-state index contributed by atoms with van der Waals surface area (Å²) in [6, 6.07) is 7.21. The summed E-state index contributed by atoms with van der Waals surface area (Å²) in [4.78, 5) is 25.3. The Bertz CT molecular complexity index is 673. The lowest BCUT2D eigenvalue weighted by molar-refractivity contribution is -0.169. The van der Waals surface area contributed by atoms with Crippen LogP contribution in [0.2, 0.25) is 0 Å². The average molecular weight is 357 g/mol. The summed E-state index contributed by atoms with van der Waals surface area (Å²) >= 11 is 0. The van der Waals surface area contributed by atoms with Crippen LogP contribution in [0.15, 0.2) is 24.3 Å². The summed E-state index contributed by atoms with van der Waals surface area (Å²) in [6.45, 7) is 1.64. The van der Waals surface area contributed by atoms with Gasteiger partial charge in [-0.1, -0.05) is 12.1 Å². The maximum atomic E-state index is 12.8. The van der Waals surface area contributed by atoms with Crippen LogP contribution < -0.4 is 10.1 Å². The number of nitrogens with one attached hydrogen (secondary N) is 1. The molecule has 1 atom stereocenters. The van der Waals surface area contributed by atoms with Crippen molar-refractivity contribution < 1.29 is 19.1 Å². The van der Waals surface area contributed by atoms with Gasteiger partial charge in [0.25, 0.3) is 5.91 Å². The smallest absolute Gasteiger partial charge is 0.310 e. The third kappa shape index (κ3) is 3.19. The zero-order chi connectivity index (χ0) is 18.3. The number of para-hydroxylation sites is 2. The standard InChI is InChI=1S/C21H27NO4/c1-12(20(23)22-17-5-3-4-6-18(17)25-2)26-21(24)19-15-8-13-7-14(10-15)11-16(19)9-13/h3-6,12-16,19H,7-11H2,1-2H3,(H,22,23)/t12-,13?,14?,15?,16?,19?/m1/s1. The summed E-state index contributed by atoms with van der Waals surface area (Å²) in [5, 5.41) is 2.79. The first-order valence-corrected chi connectivity index (χ1v) is 9.69. The summed E-state index contributed by atoms with van der Waals surface area (Å²) in [6.07, 6.45) is 5.18. The molecule has 0 heterocycles. The van der Waals surface area contributed by atoms with E-state index in [9.17, 15) is 9.59 Å². The lowest BCUT2D eigenvalue weighted by Gasteiger charge is -2.53. The number of methoxy groups -OCH3 is 1. The van der Waals surface area contributed by atoms with Crippen molar-refractivity contribution in [3.8, 4) is 5.75 Å². The molecule has 0 saturated heterocycles. The molecule has 1 aromatic carbocycles. The zero-order valence-electron chi connectivity index (χ0n) is 15.4. The van der Waals surface area contributed by atoms with Crippen LogP contribution in [0.25, 0.3) is 0 Å². The number of benzene rings is 1. The van der Waals surface area contributed by atoms with Crippen LogP contribution >= 0.6 is 0 Å². The van der Waals surface area contributed by atoms with E-state index in [1.165, 1.54) is 6.42 Å². The van der Waals surface area contributed by atoms with Gasteiger partial charge in [0.15, 0.2) is 6.10 Å². The monoisotopic (exact) mass is 357 g/mol. The van der Waals surface area contributed by atoms with Gasteiger partial charge >= 0.3 is 5.97 Å². The van der Waals surface area contributed by atoms with Gasteiger partial charge in [0.2, 0.25) is 0 Å². The summed E-state index contributed by atoms with van der Waals surface area (Å²) in [7, 11) is 1.56. The predicted molar refractivity (Wildman–Crippen MR) is 97.7 cm³/mol. The van der Waals surface area contributed by atoms with Crippen molar-refractivity contribution in [3.05, 3.63) is 24.3 Å². The zero-order valence-corrected chi connectivity index (χ0v) is 15.4. The molecule has 5 nitrogen and oxygen atoms in total. The Balaban J connectivity index is 1.37. The first-order valence-electron chi connectivity index (χ1n) is 9.69. The van der Waals surface area contributed by atoms with Crippen molar-refractivity contribution >= 4 is 17.6 Å². The van der Waals surface area contributed by atoms with Crippen LogP contribution in [0.3, 0.4) is 0 Å². The Morgan fingerprint density at radius 2 is 1.65 bits per heavy atom. The maximum absolute atomic E-state index is 12.8. The highest BCUT2D eigenvalue weighted by molar-refractivity contribution is 5.96. The average Bonchev–Trinajstić information content (AvgIpc) is 2.61. The fourth-order valence-corrected chi connectivity index (χ4v) is 5.60. The first-order chi connectivity index (χ1) is 12.5. The second-order valence-corrected chi connectivity index (χ2v) is 8.23. The van der Waals surface area contributed by atoms with Crippen LogP contribution in [-0.4, -0.2) is 25.1 Å². The van der Waals surface area contributed by atoms with Gasteiger partial charge in [-0.05, 0) is 74.8 Å². The molecular formula is C21H27NO4. The van der Waals surface area contributed by atoms with Crippen LogP contribution in [0.5, 0.6) is 5.75 Å². The van der Waals surface area contributed by atoms with Gasteiger partial charge < -0.3 is 14.8 Å². The molecule has 4 aliphatic carbocycles. The Morgan fingerprint density at radius 3 is 2.27 bits per heavy atom. The van der Waals surface area contributed by atoms with Crippen LogP contribution in [-0.2, 0) is 14.3 Å². The quantitative estimate of drug-likeness (QED) is 0.817. The highest BCUT2D eigenvalue weighted by Gasteiger charge is 2.51. The van der Waals surface area contributed by atoms with Crippen molar-refractivity contribution in [1.29, 1.82) is 0 Å². The molecule has 5 heteroatoms. The SMILES string of the molecule is COc1ccccc1NC(=O)[C@@H](C)OC(=O)C1C2CC3CC(C2)CC1C3. The molecular weight excluding hydrogens is 330 g/mol. The number of hydrogen-bond donors (Lipinski definition) is 1. The molecule has 5 rings (SSSR count).